The van der Waals surface area contributed by atoms with Gasteiger partial charge in [-0.2, -0.15) is 0 Å². The van der Waals surface area contributed by atoms with Gasteiger partial charge < -0.3 is 9.64 Å². The van der Waals surface area contributed by atoms with Crippen molar-refractivity contribution in [3.63, 3.8) is 0 Å². The van der Waals surface area contributed by atoms with Crippen molar-refractivity contribution in [3.8, 4) is 5.69 Å². The first-order valence-electron chi connectivity index (χ1n) is 12.1. The van der Waals surface area contributed by atoms with Crippen LogP contribution in [-0.2, 0) is 11.3 Å². The first-order chi connectivity index (χ1) is 17.9. The number of piperidine rings is 1. The van der Waals surface area contributed by atoms with E-state index in [0.717, 1.165) is 35.7 Å². The summed E-state index contributed by atoms with van der Waals surface area (Å²) in [5.74, 6) is 1.71. The fourth-order valence-corrected chi connectivity index (χ4v) is 5.10. The maximum atomic E-state index is 13.3. The standard InChI is InChI=1S/C25H26ClF3N6O2/c1-15-23-31-32-24(16-6-8-33(9-7-16)22-5-3-19(29)13-30-22)35(23)21-4-2-18(26)10-17(21)14-34(15)25(36)37-20(11-27)12-28/h2-5,10,13,15-16,20H,6-9,11-12,14H2,1H3. The summed E-state index contributed by atoms with van der Waals surface area (Å²) in [4.78, 5) is 20.6. The second-order valence-electron chi connectivity index (χ2n) is 9.24. The molecule has 2 aromatic heterocycles. The van der Waals surface area contributed by atoms with Crippen LogP contribution in [0.25, 0.3) is 5.69 Å². The van der Waals surface area contributed by atoms with Crippen molar-refractivity contribution in [2.24, 2.45) is 0 Å². The number of amides is 1. The number of ether oxygens (including phenoxy) is 1. The van der Waals surface area contributed by atoms with Crippen molar-refractivity contribution >= 4 is 23.5 Å². The molecular weight excluding hydrogens is 509 g/mol. The van der Waals surface area contributed by atoms with Crippen LogP contribution in [0.4, 0.5) is 23.8 Å². The summed E-state index contributed by atoms with van der Waals surface area (Å²) in [6, 6.07) is 7.87. The summed E-state index contributed by atoms with van der Waals surface area (Å²) in [5, 5.41) is 9.47. The third kappa shape index (κ3) is 4.96. The van der Waals surface area contributed by atoms with Crippen LogP contribution < -0.4 is 4.90 Å². The van der Waals surface area contributed by atoms with Gasteiger partial charge in [0.25, 0.3) is 0 Å². The molecule has 0 radical (unpaired) electrons. The van der Waals surface area contributed by atoms with E-state index < -0.39 is 31.6 Å². The Balaban J connectivity index is 1.45. The van der Waals surface area contributed by atoms with Crippen molar-refractivity contribution in [3.05, 3.63) is 64.6 Å². The number of hydrogen-bond acceptors (Lipinski definition) is 6. The largest absolute Gasteiger partial charge is 0.440 e. The SMILES string of the molecule is CC1c2nnc(C3CCN(c4ccc(F)cn4)CC3)n2-c2ccc(Cl)cc2CN1C(=O)OC(CF)CF. The number of nitrogens with zero attached hydrogens (tertiary/aromatic N) is 6. The van der Waals surface area contributed by atoms with E-state index in [1.165, 1.54) is 17.2 Å². The second-order valence-corrected chi connectivity index (χ2v) is 9.68. The van der Waals surface area contributed by atoms with Crippen LogP contribution in [0.3, 0.4) is 0 Å². The zero-order chi connectivity index (χ0) is 26.1. The number of anilines is 1. The molecule has 12 heteroatoms. The molecule has 0 bridgehead atoms. The van der Waals surface area contributed by atoms with E-state index in [2.05, 4.69) is 20.1 Å². The zero-order valence-corrected chi connectivity index (χ0v) is 20.9. The lowest BCUT2D eigenvalue weighted by molar-refractivity contribution is 0.0286. The van der Waals surface area contributed by atoms with E-state index in [4.69, 9.17) is 16.3 Å². The van der Waals surface area contributed by atoms with Crippen molar-refractivity contribution in [2.45, 2.75) is 44.4 Å². The minimum Gasteiger partial charge on any atom is -0.440 e. The molecule has 1 fully saturated rings. The number of aromatic nitrogens is 4. The zero-order valence-electron chi connectivity index (χ0n) is 20.2. The lowest BCUT2D eigenvalue weighted by atomic mass is 9.95. The van der Waals surface area contributed by atoms with Crippen molar-refractivity contribution in [1.82, 2.24) is 24.6 Å². The first-order valence-corrected chi connectivity index (χ1v) is 12.5. The Hall–Kier alpha value is -3.34. The highest BCUT2D eigenvalue weighted by atomic mass is 35.5. The van der Waals surface area contributed by atoms with E-state index in [-0.39, 0.29) is 18.3 Å². The van der Waals surface area contributed by atoms with Crippen LogP contribution in [0.5, 0.6) is 0 Å². The number of carbonyl (C=O) groups excluding carboxylic acids is 1. The quantitative estimate of drug-likeness (QED) is 0.450. The fourth-order valence-electron chi connectivity index (χ4n) is 4.91. The Morgan fingerprint density at radius 2 is 1.86 bits per heavy atom. The Morgan fingerprint density at radius 1 is 1.14 bits per heavy atom. The Morgan fingerprint density at radius 3 is 2.54 bits per heavy atom. The number of alkyl halides is 2. The summed E-state index contributed by atoms with van der Waals surface area (Å²) in [5.41, 5.74) is 1.53. The first kappa shape index (κ1) is 25.3. The molecule has 196 valence electrons. The van der Waals surface area contributed by atoms with Crippen LogP contribution in [0.1, 0.15) is 48.9 Å². The van der Waals surface area contributed by atoms with Crippen LogP contribution in [-0.4, -0.2) is 63.3 Å². The highest BCUT2D eigenvalue weighted by Crippen LogP contribution is 2.37. The highest BCUT2D eigenvalue weighted by Gasteiger charge is 2.36. The van der Waals surface area contributed by atoms with Crippen molar-refractivity contribution in [1.29, 1.82) is 0 Å². The smallest absolute Gasteiger partial charge is 0.411 e. The normalized spacial score (nSPS) is 17.9. The van der Waals surface area contributed by atoms with Gasteiger partial charge in [0, 0.05) is 24.0 Å². The number of benzene rings is 1. The molecule has 2 aliphatic heterocycles. The number of pyridine rings is 1. The molecule has 8 nitrogen and oxygen atoms in total. The van der Waals surface area contributed by atoms with Crippen LogP contribution in [0, 0.1) is 5.82 Å². The third-order valence-corrected chi connectivity index (χ3v) is 7.15. The Bertz CT molecular complexity index is 1260. The summed E-state index contributed by atoms with van der Waals surface area (Å²) in [7, 11) is 0. The van der Waals surface area contributed by atoms with Gasteiger partial charge in [0.05, 0.1) is 24.5 Å². The van der Waals surface area contributed by atoms with Crippen molar-refractivity contribution < 1.29 is 22.7 Å². The van der Waals surface area contributed by atoms with Gasteiger partial charge in [0.2, 0.25) is 0 Å². The number of hydrogen-bond donors (Lipinski definition) is 0. The second kappa shape index (κ2) is 10.6. The van der Waals surface area contributed by atoms with Crippen LogP contribution in [0.15, 0.2) is 36.5 Å². The molecule has 1 atom stereocenters. The average Bonchev–Trinajstić information content (AvgIpc) is 3.31. The molecule has 37 heavy (non-hydrogen) atoms. The fraction of sp³-hybridized carbons (Fsp3) is 0.440. The number of halogens is 4. The van der Waals surface area contributed by atoms with Gasteiger partial charge >= 0.3 is 6.09 Å². The molecule has 0 spiro atoms. The molecule has 1 unspecified atom stereocenters. The lowest BCUT2D eigenvalue weighted by Crippen LogP contribution is -2.37. The average molecular weight is 535 g/mol. The maximum absolute atomic E-state index is 13.3. The predicted molar refractivity (Wildman–Crippen MR) is 131 cm³/mol. The van der Waals surface area contributed by atoms with Crippen LogP contribution in [0.2, 0.25) is 5.02 Å². The summed E-state index contributed by atoms with van der Waals surface area (Å²) in [6.07, 6.45) is 0.459. The van der Waals surface area contributed by atoms with E-state index in [1.54, 1.807) is 25.1 Å². The van der Waals surface area contributed by atoms with Gasteiger partial charge in [-0.05, 0) is 55.7 Å². The van der Waals surface area contributed by atoms with Gasteiger partial charge in [-0.25, -0.2) is 22.9 Å². The molecule has 4 heterocycles. The molecule has 1 amide bonds. The maximum Gasteiger partial charge on any atom is 0.411 e. The van der Waals surface area contributed by atoms with E-state index in [1.807, 2.05) is 10.6 Å². The van der Waals surface area contributed by atoms with Gasteiger partial charge in [-0.1, -0.05) is 11.6 Å². The number of rotatable bonds is 5. The minimum atomic E-state index is -1.46. The van der Waals surface area contributed by atoms with Crippen molar-refractivity contribution in [2.75, 3.05) is 31.3 Å². The predicted octanol–water partition coefficient (Wildman–Crippen LogP) is 5.16. The third-order valence-electron chi connectivity index (χ3n) is 6.92. The monoisotopic (exact) mass is 534 g/mol. The molecule has 0 N–H and O–H groups in total. The van der Waals surface area contributed by atoms with Crippen LogP contribution >= 0.6 is 11.6 Å². The molecule has 1 saturated heterocycles. The summed E-state index contributed by atoms with van der Waals surface area (Å²) in [6.45, 7) is 1.10. The summed E-state index contributed by atoms with van der Waals surface area (Å²) < 4.78 is 46.4. The van der Waals surface area contributed by atoms with E-state index in [0.29, 0.717) is 23.9 Å². The topological polar surface area (TPSA) is 76.4 Å². The van der Waals surface area contributed by atoms with E-state index >= 15 is 0 Å². The lowest BCUT2D eigenvalue weighted by Gasteiger charge is -2.32. The van der Waals surface area contributed by atoms with Gasteiger partial charge in [0.1, 0.15) is 30.8 Å². The van der Waals surface area contributed by atoms with Gasteiger partial charge in [-0.3, -0.25) is 9.47 Å². The summed E-state index contributed by atoms with van der Waals surface area (Å²) >= 11 is 6.29. The molecule has 0 saturated carbocycles. The Labute approximate surface area is 217 Å². The molecular formula is C25H26ClF3N6O2. The number of fused-ring (bicyclic) bond motifs is 3. The molecule has 0 aliphatic carbocycles. The van der Waals surface area contributed by atoms with Gasteiger partial charge in [0.15, 0.2) is 11.9 Å². The molecule has 3 aromatic rings. The molecule has 5 rings (SSSR count). The highest BCUT2D eigenvalue weighted by molar-refractivity contribution is 6.30. The van der Waals surface area contributed by atoms with E-state index in [9.17, 15) is 18.0 Å². The number of carbonyl (C=O) groups is 1. The van der Waals surface area contributed by atoms with Gasteiger partial charge in [-0.15, -0.1) is 10.2 Å². The molecule has 2 aliphatic rings. The Kier molecular flexibility index (Phi) is 7.23. The minimum absolute atomic E-state index is 0.0784. The molecule has 1 aromatic carbocycles.